The van der Waals surface area contributed by atoms with Gasteiger partial charge >= 0.3 is 0 Å². The van der Waals surface area contributed by atoms with E-state index in [9.17, 15) is 13.6 Å². The molecule has 0 spiro atoms. The molecule has 0 saturated heterocycles. The Bertz CT molecular complexity index is 629. The Morgan fingerprint density at radius 3 is 2.55 bits per heavy atom. The van der Waals surface area contributed by atoms with Gasteiger partial charge in [-0.15, -0.1) is 11.8 Å². The van der Waals surface area contributed by atoms with Gasteiger partial charge in [-0.2, -0.15) is 0 Å². The molecule has 0 aliphatic heterocycles. The van der Waals surface area contributed by atoms with Gasteiger partial charge < -0.3 is 4.74 Å². The van der Waals surface area contributed by atoms with E-state index in [2.05, 4.69) is 0 Å². The first-order valence-electron chi connectivity index (χ1n) is 5.86. The van der Waals surface area contributed by atoms with Crippen molar-refractivity contribution in [1.82, 2.24) is 0 Å². The van der Waals surface area contributed by atoms with E-state index in [0.29, 0.717) is 10.6 Å². The molecule has 0 fully saturated rings. The van der Waals surface area contributed by atoms with Crippen LogP contribution in [0, 0.1) is 11.6 Å². The van der Waals surface area contributed by atoms with Crippen molar-refractivity contribution in [3.05, 3.63) is 59.7 Å². The molecule has 0 unspecified atom stereocenters. The Labute approximate surface area is 119 Å². The summed E-state index contributed by atoms with van der Waals surface area (Å²) in [7, 11) is 1.42. The predicted molar refractivity (Wildman–Crippen MR) is 74.4 cm³/mol. The number of carbonyl (C=O) groups is 1. The van der Waals surface area contributed by atoms with Gasteiger partial charge in [0.1, 0.15) is 17.4 Å². The molecule has 2 rings (SSSR count). The molecule has 0 radical (unpaired) electrons. The predicted octanol–water partition coefficient (Wildman–Crippen LogP) is 3.95. The van der Waals surface area contributed by atoms with Crippen LogP contribution in [0.5, 0.6) is 5.75 Å². The van der Waals surface area contributed by atoms with Gasteiger partial charge in [0, 0.05) is 11.0 Å². The van der Waals surface area contributed by atoms with E-state index in [1.54, 1.807) is 18.2 Å². The number of halogens is 2. The third-order valence-corrected chi connectivity index (χ3v) is 3.72. The summed E-state index contributed by atoms with van der Waals surface area (Å²) in [6.07, 6.45) is 0. The van der Waals surface area contributed by atoms with E-state index in [0.717, 1.165) is 17.8 Å². The number of carbonyl (C=O) groups excluding carboxylic acids is 1. The number of hydrogen-bond acceptors (Lipinski definition) is 3. The summed E-state index contributed by atoms with van der Waals surface area (Å²) in [5, 5.41) is 0. The molecule has 0 bridgehead atoms. The summed E-state index contributed by atoms with van der Waals surface area (Å²) in [6.45, 7) is 0. The Balaban J connectivity index is 2.07. The highest BCUT2D eigenvalue weighted by atomic mass is 32.2. The lowest BCUT2D eigenvalue weighted by molar-refractivity contribution is 0.101. The molecule has 2 aromatic carbocycles. The van der Waals surface area contributed by atoms with Crippen LogP contribution in [0.25, 0.3) is 0 Å². The number of rotatable bonds is 5. The van der Waals surface area contributed by atoms with Gasteiger partial charge in [0.05, 0.1) is 18.4 Å². The zero-order valence-corrected chi connectivity index (χ0v) is 11.5. The summed E-state index contributed by atoms with van der Waals surface area (Å²) in [6, 6.07) is 10.2. The maximum absolute atomic E-state index is 13.7. The maximum Gasteiger partial charge on any atom is 0.176 e. The standard InChI is InChI=1S/C15H12F2O2S/c1-19-10-6-7-11(13(17)8-10)14(18)9-20-15-5-3-2-4-12(15)16/h2-8H,9H2,1H3. The number of benzene rings is 2. The van der Waals surface area contributed by atoms with E-state index in [1.165, 1.54) is 25.3 Å². The van der Waals surface area contributed by atoms with Gasteiger partial charge in [-0.05, 0) is 24.3 Å². The summed E-state index contributed by atoms with van der Waals surface area (Å²) < 4.78 is 32.0. The fourth-order valence-electron chi connectivity index (χ4n) is 1.63. The van der Waals surface area contributed by atoms with E-state index < -0.39 is 11.6 Å². The first-order chi connectivity index (χ1) is 9.61. The normalized spacial score (nSPS) is 10.3. The first-order valence-corrected chi connectivity index (χ1v) is 6.84. The molecule has 20 heavy (non-hydrogen) atoms. The van der Waals surface area contributed by atoms with E-state index in [-0.39, 0.29) is 17.1 Å². The zero-order valence-electron chi connectivity index (χ0n) is 10.7. The van der Waals surface area contributed by atoms with E-state index >= 15 is 0 Å². The van der Waals surface area contributed by atoms with E-state index in [1.807, 2.05) is 0 Å². The van der Waals surface area contributed by atoms with Crippen LogP contribution < -0.4 is 4.74 Å². The SMILES string of the molecule is COc1ccc(C(=O)CSc2ccccc2F)c(F)c1. The summed E-state index contributed by atoms with van der Waals surface area (Å²) in [4.78, 5) is 12.3. The minimum Gasteiger partial charge on any atom is -0.497 e. The zero-order chi connectivity index (χ0) is 14.5. The molecule has 0 atom stereocenters. The van der Waals surface area contributed by atoms with Crippen molar-refractivity contribution in [2.75, 3.05) is 12.9 Å². The number of ether oxygens (including phenoxy) is 1. The summed E-state index contributed by atoms with van der Waals surface area (Å²) >= 11 is 1.05. The molecule has 5 heteroatoms. The quantitative estimate of drug-likeness (QED) is 0.617. The van der Waals surface area contributed by atoms with Crippen LogP contribution in [0.2, 0.25) is 0 Å². The second kappa shape index (κ2) is 6.52. The molecule has 0 aliphatic rings. The molecule has 2 aromatic rings. The minimum absolute atomic E-state index is 0.0189. The molecule has 2 nitrogen and oxygen atoms in total. The van der Waals surface area contributed by atoms with Crippen LogP contribution in [0.4, 0.5) is 8.78 Å². The molecular formula is C15H12F2O2S. The lowest BCUT2D eigenvalue weighted by Gasteiger charge is -2.05. The number of thioether (sulfide) groups is 1. The number of ketones is 1. The average molecular weight is 294 g/mol. The third-order valence-electron chi connectivity index (χ3n) is 2.67. The summed E-state index contributed by atoms with van der Waals surface area (Å²) in [5.41, 5.74) is -0.0189. The van der Waals surface area contributed by atoms with Crippen molar-refractivity contribution < 1.29 is 18.3 Å². The molecule has 0 aromatic heterocycles. The first kappa shape index (κ1) is 14.5. The lowest BCUT2D eigenvalue weighted by Crippen LogP contribution is -2.05. The van der Waals surface area contributed by atoms with Gasteiger partial charge in [-0.1, -0.05) is 12.1 Å². The van der Waals surface area contributed by atoms with E-state index in [4.69, 9.17) is 4.74 Å². The largest absolute Gasteiger partial charge is 0.497 e. The second-order valence-corrected chi connectivity index (χ2v) is 5.01. The van der Waals surface area contributed by atoms with Crippen LogP contribution >= 0.6 is 11.8 Å². The molecule has 0 amide bonds. The molecule has 0 aliphatic carbocycles. The highest BCUT2D eigenvalue weighted by Gasteiger charge is 2.14. The van der Waals surface area contributed by atoms with Crippen LogP contribution in [-0.4, -0.2) is 18.6 Å². The van der Waals surface area contributed by atoms with Crippen LogP contribution in [0.15, 0.2) is 47.4 Å². The average Bonchev–Trinajstić information content (AvgIpc) is 2.46. The van der Waals surface area contributed by atoms with Crippen molar-refractivity contribution in [2.45, 2.75) is 4.90 Å². The highest BCUT2D eigenvalue weighted by molar-refractivity contribution is 8.00. The fraction of sp³-hybridized carbons (Fsp3) is 0.133. The van der Waals surface area contributed by atoms with Crippen molar-refractivity contribution in [2.24, 2.45) is 0 Å². The van der Waals surface area contributed by atoms with Gasteiger partial charge in [0.15, 0.2) is 5.78 Å². The smallest absolute Gasteiger partial charge is 0.176 e. The molecule has 104 valence electrons. The highest BCUT2D eigenvalue weighted by Crippen LogP contribution is 2.23. The fourth-order valence-corrected chi connectivity index (χ4v) is 2.45. The maximum atomic E-state index is 13.7. The molecule has 0 heterocycles. The van der Waals surface area contributed by atoms with Gasteiger partial charge in [-0.25, -0.2) is 8.78 Å². The van der Waals surface area contributed by atoms with Crippen LogP contribution in [0.1, 0.15) is 10.4 Å². The van der Waals surface area contributed by atoms with Gasteiger partial charge in [-0.3, -0.25) is 4.79 Å². The second-order valence-electron chi connectivity index (χ2n) is 3.99. The van der Waals surface area contributed by atoms with Crippen LogP contribution in [-0.2, 0) is 0 Å². The third kappa shape index (κ3) is 3.36. The minimum atomic E-state index is -0.636. The van der Waals surface area contributed by atoms with Gasteiger partial charge in [0.25, 0.3) is 0 Å². The van der Waals surface area contributed by atoms with Crippen molar-refractivity contribution in [1.29, 1.82) is 0 Å². The lowest BCUT2D eigenvalue weighted by atomic mass is 10.1. The number of hydrogen-bond donors (Lipinski definition) is 0. The van der Waals surface area contributed by atoms with Crippen molar-refractivity contribution in [3.8, 4) is 5.75 Å². The van der Waals surface area contributed by atoms with Crippen LogP contribution in [0.3, 0.4) is 0 Å². The molecule has 0 N–H and O–H groups in total. The Morgan fingerprint density at radius 1 is 1.15 bits per heavy atom. The molecular weight excluding hydrogens is 282 g/mol. The Morgan fingerprint density at radius 2 is 1.90 bits per heavy atom. The Kier molecular flexibility index (Phi) is 4.74. The Hall–Kier alpha value is -1.88. The molecule has 0 saturated carbocycles. The number of methoxy groups -OCH3 is 1. The monoisotopic (exact) mass is 294 g/mol. The number of Topliss-reactive ketones (excluding diaryl/α,β-unsaturated/α-hetero) is 1. The topological polar surface area (TPSA) is 26.3 Å². The van der Waals surface area contributed by atoms with Crippen molar-refractivity contribution >= 4 is 17.5 Å². The van der Waals surface area contributed by atoms with Crippen molar-refractivity contribution in [3.63, 3.8) is 0 Å². The van der Waals surface area contributed by atoms with Gasteiger partial charge in [0.2, 0.25) is 0 Å². The summed E-state index contributed by atoms with van der Waals surface area (Å²) in [5.74, 6) is -1.09.